The topological polar surface area (TPSA) is 103 Å². The highest BCUT2D eigenvalue weighted by molar-refractivity contribution is 7.17. The molecule has 2 aromatic carbocycles. The van der Waals surface area contributed by atoms with Gasteiger partial charge in [-0.1, -0.05) is 29.4 Å². The number of rotatable bonds is 5. The van der Waals surface area contributed by atoms with Gasteiger partial charge in [-0.05, 0) is 23.5 Å². The van der Waals surface area contributed by atoms with Crippen LogP contribution in [-0.4, -0.2) is 15.8 Å². The van der Waals surface area contributed by atoms with Crippen molar-refractivity contribution in [1.29, 1.82) is 0 Å². The molecule has 0 bridgehead atoms. The minimum Gasteiger partial charge on any atom is -1.00 e. The maximum Gasteiger partial charge on any atom is 0.354 e. The van der Waals surface area contributed by atoms with E-state index in [0.717, 1.165) is 11.3 Å². The molecule has 1 heterocycles. The maximum atomic E-state index is 13.8. The van der Waals surface area contributed by atoms with Gasteiger partial charge in [-0.2, -0.15) is 0 Å². The van der Waals surface area contributed by atoms with Crippen molar-refractivity contribution >= 4 is 27.9 Å². The second-order valence-corrected chi connectivity index (χ2v) is 6.12. The number of carbonyl (C=O) groups is 1. The zero-order valence-corrected chi connectivity index (χ0v) is 15.5. The highest BCUT2D eigenvalue weighted by Crippen LogP contribution is 2.26. The van der Waals surface area contributed by atoms with Crippen molar-refractivity contribution in [2.24, 2.45) is 0 Å². The van der Waals surface area contributed by atoms with E-state index in [2.05, 4.69) is 5.10 Å². The summed E-state index contributed by atoms with van der Waals surface area (Å²) in [7, 11) is 0. The van der Waals surface area contributed by atoms with E-state index >= 15 is 0 Å². The zero-order valence-electron chi connectivity index (χ0n) is 13.1. The molecule has 134 valence electrons. The third-order valence-corrected chi connectivity index (χ3v) is 4.36. The second-order valence-electron chi connectivity index (χ2n) is 5.11. The quantitative estimate of drug-likeness (QED) is 0.253. The molecular formula is C16H12BrFN4O3S. The standard InChI is InChI=1S/C16H11FN4O3S.BrH/c17-13-7-2-1-6-12(13)15-19-20(16(18)25-15)9-14(22)10-4-3-5-11(8-10)21(23)24;/h1-8,18H,9H2;1H. The van der Waals surface area contributed by atoms with Gasteiger partial charge in [0.1, 0.15) is 5.82 Å². The number of Topliss-reactive ketones (excluding diaryl/α,β-unsaturated/α-hetero) is 1. The Bertz CT molecular complexity index is 980. The summed E-state index contributed by atoms with van der Waals surface area (Å²) in [5, 5.41) is 15.6. The van der Waals surface area contributed by atoms with E-state index in [9.17, 15) is 19.3 Å². The van der Waals surface area contributed by atoms with Crippen LogP contribution in [0.4, 0.5) is 15.2 Å². The van der Waals surface area contributed by atoms with Crippen LogP contribution in [-0.2, 0) is 6.54 Å². The number of non-ortho nitro benzene ring substituents is 1. The molecule has 3 rings (SSSR count). The van der Waals surface area contributed by atoms with Crippen molar-refractivity contribution in [1.82, 2.24) is 5.10 Å². The average molecular weight is 439 g/mol. The van der Waals surface area contributed by atoms with Crippen molar-refractivity contribution in [2.45, 2.75) is 6.54 Å². The fourth-order valence-electron chi connectivity index (χ4n) is 2.21. The summed E-state index contributed by atoms with van der Waals surface area (Å²) in [6, 6.07) is 11.5. The number of anilines is 1. The summed E-state index contributed by atoms with van der Waals surface area (Å²) in [4.78, 5) is 22.6. The summed E-state index contributed by atoms with van der Waals surface area (Å²) >= 11 is 1.06. The minimum atomic E-state index is -0.572. The van der Waals surface area contributed by atoms with E-state index in [1.807, 2.05) is 0 Å². The van der Waals surface area contributed by atoms with Gasteiger partial charge in [-0.25, -0.2) is 4.39 Å². The minimum absolute atomic E-state index is 0. The van der Waals surface area contributed by atoms with Gasteiger partial charge in [0.25, 0.3) is 5.69 Å². The van der Waals surface area contributed by atoms with Crippen LogP contribution < -0.4 is 27.4 Å². The monoisotopic (exact) mass is 438 g/mol. The number of hydrogen-bond donors (Lipinski definition) is 1. The highest BCUT2D eigenvalue weighted by Gasteiger charge is 2.21. The normalized spacial score (nSPS) is 10.2. The first-order valence-electron chi connectivity index (χ1n) is 7.14. The number of halogens is 2. The molecule has 10 heteroatoms. The molecule has 0 atom stereocenters. The molecule has 26 heavy (non-hydrogen) atoms. The van der Waals surface area contributed by atoms with E-state index in [1.54, 1.807) is 18.2 Å². The number of nitro groups is 1. The van der Waals surface area contributed by atoms with Gasteiger partial charge >= 0.3 is 5.13 Å². The van der Waals surface area contributed by atoms with Crippen LogP contribution in [0.5, 0.6) is 0 Å². The Kier molecular flexibility index (Phi) is 6.11. The lowest BCUT2D eigenvalue weighted by Crippen LogP contribution is -3.00. The van der Waals surface area contributed by atoms with Crippen molar-refractivity contribution in [3.63, 3.8) is 0 Å². The first-order valence-corrected chi connectivity index (χ1v) is 7.96. The second kappa shape index (κ2) is 8.11. The van der Waals surface area contributed by atoms with Gasteiger partial charge in [-0.3, -0.25) is 20.6 Å². The van der Waals surface area contributed by atoms with Gasteiger partial charge in [0.2, 0.25) is 5.78 Å². The highest BCUT2D eigenvalue weighted by atomic mass is 79.9. The van der Waals surface area contributed by atoms with Crippen LogP contribution in [0.15, 0.2) is 48.5 Å². The molecule has 0 radical (unpaired) electrons. The Labute approximate surface area is 161 Å². The lowest BCUT2D eigenvalue weighted by Gasteiger charge is -1.99. The number of hydrogen-bond acceptors (Lipinski definition) is 6. The Morgan fingerprint density at radius 3 is 2.69 bits per heavy atom. The molecule has 1 aromatic heterocycles. The molecule has 0 aliphatic rings. The Balaban J connectivity index is 0.00000243. The van der Waals surface area contributed by atoms with Gasteiger partial charge < -0.3 is 17.0 Å². The Morgan fingerprint density at radius 1 is 1.27 bits per heavy atom. The number of nitrogens with zero attached hydrogens (tertiary/aromatic N) is 3. The molecule has 2 N–H and O–H groups in total. The molecule has 7 nitrogen and oxygen atoms in total. The molecule has 0 aliphatic heterocycles. The third-order valence-electron chi connectivity index (χ3n) is 3.44. The third kappa shape index (κ3) is 4.09. The molecule has 0 aliphatic carbocycles. The van der Waals surface area contributed by atoms with E-state index in [1.165, 1.54) is 35.0 Å². The number of carbonyl (C=O) groups excluding carboxylic acids is 1. The first kappa shape index (κ1) is 19.6. The molecule has 0 amide bonds. The summed E-state index contributed by atoms with van der Waals surface area (Å²) in [5.74, 6) is -0.820. The molecule has 0 fully saturated rings. The molecule has 0 spiro atoms. The lowest BCUT2D eigenvalue weighted by atomic mass is 10.1. The molecular weight excluding hydrogens is 427 g/mol. The summed E-state index contributed by atoms with van der Waals surface area (Å²) in [5.41, 5.74) is 6.17. The SMILES string of the molecule is Nc1sc(-c2ccccc2F)n[n+]1CC(=O)c1cccc([N+](=O)[O-])c1.[Br-]. The Morgan fingerprint density at radius 2 is 2.00 bits per heavy atom. The van der Waals surface area contributed by atoms with Crippen LogP contribution in [0.3, 0.4) is 0 Å². The van der Waals surface area contributed by atoms with E-state index in [4.69, 9.17) is 5.73 Å². The van der Waals surface area contributed by atoms with Crippen molar-refractivity contribution in [2.75, 3.05) is 5.73 Å². The van der Waals surface area contributed by atoms with E-state index < -0.39 is 10.7 Å². The van der Waals surface area contributed by atoms with Crippen LogP contribution in [0.25, 0.3) is 10.6 Å². The molecule has 0 unspecified atom stereocenters. The average Bonchev–Trinajstić information content (AvgIpc) is 2.95. The number of ketones is 1. The van der Waals surface area contributed by atoms with Crippen molar-refractivity contribution in [3.05, 3.63) is 70.0 Å². The predicted octanol–water partition coefficient (Wildman–Crippen LogP) is -0.386. The summed E-state index contributed by atoms with van der Waals surface area (Å²) in [6.07, 6.45) is 0. The lowest BCUT2D eigenvalue weighted by molar-refractivity contribution is -0.722. The first-order chi connectivity index (χ1) is 12.0. The zero-order chi connectivity index (χ0) is 18.0. The van der Waals surface area contributed by atoms with Gasteiger partial charge in [0.15, 0.2) is 11.6 Å². The van der Waals surface area contributed by atoms with E-state index in [-0.39, 0.29) is 45.7 Å². The number of nitrogen functional groups attached to an aromatic ring is 1. The molecule has 0 saturated heterocycles. The molecule has 0 saturated carbocycles. The largest absolute Gasteiger partial charge is 1.00 e. The summed E-state index contributed by atoms with van der Waals surface area (Å²) < 4.78 is 15.1. The smallest absolute Gasteiger partial charge is 0.354 e. The fraction of sp³-hybridized carbons (Fsp3) is 0.0625. The molecule has 3 aromatic rings. The summed E-state index contributed by atoms with van der Waals surface area (Å²) in [6.45, 7) is -0.196. The van der Waals surface area contributed by atoms with Crippen molar-refractivity contribution in [3.8, 4) is 10.6 Å². The van der Waals surface area contributed by atoms with Gasteiger partial charge in [0, 0.05) is 17.7 Å². The van der Waals surface area contributed by atoms with Gasteiger partial charge in [0.05, 0.1) is 10.5 Å². The Hall–Kier alpha value is -2.72. The van der Waals surface area contributed by atoms with Gasteiger partial charge in [-0.15, -0.1) is 4.68 Å². The number of nitrogens with two attached hydrogens (primary N) is 1. The maximum absolute atomic E-state index is 13.8. The predicted molar refractivity (Wildman–Crippen MR) is 89.5 cm³/mol. The number of nitro benzene ring substituents is 1. The number of aromatic nitrogens is 2. The van der Waals surface area contributed by atoms with E-state index in [0.29, 0.717) is 10.6 Å². The van der Waals surface area contributed by atoms with Crippen LogP contribution in [0.1, 0.15) is 10.4 Å². The fourth-order valence-corrected chi connectivity index (χ4v) is 3.03. The van der Waals surface area contributed by atoms with Crippen LogP contribution >= 0.6 is 11.3 Å². The van der Waals surface area contributed by atoms with Crippen LogP contribution in [0.2, 0.25) is 0 Å². The number of benzene rings is 2. The van der Waals surface area contributed by atoms with Crippen molar-refractivity contribution < 1.29 is 35.8 Å². The van der Waals surface area contributed by atoms with Crippen LogP contribution in [0, 0.1) is 15.9 Å².